The minimum Gasteiger partial charge on any atom is -0.465 e. The highest BCUT2D eigenvalue weighted by Crippen LogP contribution is 2.39. The predicted molar refractivity (Wildman–Crippen MR) is 127 cm³/mol. The molecule has 2 aromatic heterocycles. The normalized spacial score (nSPS) is 21.7. The number of nitrogens with zero attached hydrogens (tertiary/aromatic N) is 3. The van der Waals surface area contributed by atoms with Crippen molar-refractivity contribution in [3.05, 3.63) is 41.4 Å². The molecule has 0 aliphatic carbocycles. The van der Waals surface area contributed by atoms with Gasteiger partial charge in [-0.25, -0.2) is 9.97 Å². The van der Waals surface area contributed by atoms with Gasteiger partial charge in [0.2, 0.25) is 12.7 Å². The van der Waals surface area contributed by atoms with E-state index < -0.39 is 30.1 Å². The SMILES string of the molecule is CCOC(=O)C1(NCCc2ccc3c(c2)OCO3)CCN(c2ncc3ccsc3n2)C(C(F)(F)F)C1. The molecule has 2 unspecified atom stereocenters. The molecule has 4 heterocycles. The molecular weight excluding hydrogens is 497 g/mol. The number of fused-ring (bicyclic) bond motifs is 2. The third-order valence-electron chi connectivity index (χ3n) is 6.51. The Kier molecular flexibility index (Phi) is 6.64. The van der Waals surface area contributed by atoms with Crippen molar-refractivity contribution in [2.45, 2.75) is 43.9 Å². The van der Waals surface area contributed by atoms with Crippen molar-refractivity contribution in [1.82, 2.24) is 15.3 Å². The molecule has 12 heteroatoms. The molecule has 2 aliphatic heterocycles. The second-order valence-electron chi connectivity index (χ2n) is 8.72. The summed E-state index contributed by atoms with van der Waals surface area (Å²) in [5.74, 6) is 0.600. The lowest BCUT2D eigenvalue weighted by Crippen LogP contribution is -2.65. The van der Waals surface area contributed by atoms with Gasteiger partial charge >= 0.3 is 12.1 Å². The molecule has 3 aromatic rings. The molecule has 0 bridgehead atoms. The number of anilines is 1. The van der Waals surface area contributed by atoms with E-state index in [9.17, 15) is 18.0 Å². The lowest BCUT2D eigenvalue weighted by Gasteiger charge is -2.45. The molecule has 1 N–H and O–H groups in total. The van der Waals surface area contributed by atoms with Gasteiger partial charge in [-0.05, 0) is 48.9 Å². The first-order valence-electron chi connectivity index (χ1n) is 11.6. The summed E-state index contributed by atoms with van der Waals surface area (Å²) in [5, 5.41) is 5.71. The highest BCUT2D eigenvalue weighted by atomic mass is 32.1. The Balaban J connectivity index is 1.37. The molecule has 2 aliphatic rings. The number of ether oxygens (including phenoxy) is 3. The Morgan fingerprint density at radius 2 is 2.14 bits per heavy atom. The summed E-state index contributed by atoms with van der Waals surface area (Å²) in [5.41, 5.74) is -0.580. The van der Waals surface area contributed by atoms with Gasteiger partial charge in [0.1, 0.15) is 16.4 Å². The number of esters is 1. The number of piperidine rings is 1. The van der Waals surface area contributed by atoms with Crippen LogP contribution in [0.5, 0.6) is 11.5 Å². The molecule has 2 atom stereocenters. The number of carbonyl (C=O) groups excluding carboxylic acids is 1. The number of thiophene rings is 1. The van der Waals surface area contributed by atoms with Gasteiger partial charge in [0, 0.05) is 31.1 Å². The zero-order valence-corrected chi connectivity index (χ0v) is 20.3. The van der Waals surface area contributed by atoms with Crippen LogP contribution in [0.15, 0.2) is 35.8 Å². The molecule has 5 rings (SSSR count). The Morgan fingerprint density at radius 3 is 2.94 bits per heavy atom. The van der Waals surface area contributed by atoms with Crippen LogP contribution in [0.2, 0.25) is 0 Å². The number of rotatable bonds is 7. The fourth-order valence-electron chi connectivity index (χ4n) is 4.66. The Morgan fingerprint density at radius 1 is 1.31 bits per heavy atom. The number of hydrogen-bond acceptors (Lipinski definition) is 9. The summed E-state index contributed by atoms with van der Waals surface area (Å²) >= 11 is 1.34. The van der Waals surface area contributed by atoms with E-state index in [-0.39, 0.29) is 38.9 Å². The molecule has 1 saturated heterocycles. The van der Waals surface area contributed by atoms with Crippen molar-refractivity contribution in [2.24, 2.45) is 0 Å². The van der Waals surface area contributed by atoms with E-state index in [1.807, 2.05) is 23.6 Å². The summed E-state index contributed by atoms with van der Waals surface area (Å²) in [6.45, 7) is 2.08. The Hall–Kier alpha value is -3.12. The number of aromatic nitrogens is 2. The zero-order chi connectivity index (χ0) is 25.3. The fourth-order valence-corrected chi connectivity index (χ4v) is 5.39. The van der Waals surface area contributed by atoms with E-state index in [2.05, 4.69) is 15.3 Å². The monoisotopic (exact) mass is 522 g/mol. The van der Waals surface area contributed by atoms with E-state index in [4.69, 9.17) is 14.2 Å². The van der Waals surface area contributed by atoms with Crippen LogP contribution < -0.4 is 19.7 Å². The van der Waals surface area contributed by atoms with Crippen molar-refractivity contribution >= 4 is 33.5 Å². The lowest BCUT2D eigenvalue weighted by molar-refractivity contribution is -0.168. The van der Waals surface area contributed by atoms with Crippen molar-refractivity contribution in [1.29, 1.82) is 0 Å². The number of halogens is 3. The van der Waals surface area contributed by atoms with Gasteiger partial charge in [-0.1, -0.05) is 6.07 Å². The van der Waals surface area contributed by atoms with E-state index in [1.165, 1.54) is 17.5 Å². The maximum Gasteiger partial charge on any atom is 0.408 e. The van der Waals surface area contributed by atoms with Gasteiger partial charge in [0.25, 0.3) is 0 Å². The molecule has 1 fully saturated rings. The Labute approximate surface area is 209 Å². The van der Waals surface area contributed by atoms with Crippen LogP contribution in [0.25, 0.3) is 10.2 Å². The van der Waals surface area contributed by atoms with Crippen molar-refractivity contribution < 1.29 is 32.2 Å². The highest BCUT2D eigenvalue weighted by Gasteiger charge is 2.55. The van der Waals surface area contributed by atoms with Gasteiger partial charge in [0.15, 0.2) is 11.5 Å². The van der Waals surface area contributed by atoms with Crippen LogP contribution in [-0.4, -0.2) is 60.2 Å². The van der Waals surface area contributed by atoms with Gasteiger partial charge in [-0.2, -0.15) is 13.2 Å². The van der Waals surface area contributed by atoms with Crippen LogP contribution in [0.3, 0.4) is 0 Å². The third kappa shape index (κ3) is 4.79. The molecule has 0 radical (unpaired) electrons. The molecule has 1 aromatic carbocycles. The largest absolute Gasteiger partial charge is 0.465 e. The van der Waals surface area contributed by atoms with Crippen LogP contribution in [0.1, 0.15) is 25.3 Å². The summed E-state index contributed by atoms with van der Waals surface area (Å²) in [6.07, 6.45) is -2.99. The predicted octanol–water partition coefficient (Wildman–Crippen LogP) is 4.09. The average Bonchev–Trinajstić information content (AvgIpc) is 3.52. The number of nitrogens with one attached hydrogen (secondary N) is 1. The van der Waals surface area contributed by atoms with Crippen LogP contribution in [-0.2, 0) is 16.0 Å². The summed E-state index contributed by atoms with van der Waals surface area (Å²) in [4.78, 5) is 23.3. The first-order valence-corrected chi connectivity index (χ1v) is 12.5. The van der Waals surface area contributed by atoms with E-state index in [0.29, 0.717) is 22.8 Å². The number of carbonyl (C=O) groups is 1. The van der Waals surface area contributed by atoms with Crippen molar-refractivity contribution in [3.63, 3.8) is 0 Å². The van der Waals surface area contributed by atoms with Crippen molar-refractivity contribution in [2.75, 3.05) is 31.4 Å². The molecule has 8 nitrogen and oxygen atoms in total. The summed E-state index contributed by atoms with van der Waals surface area (Å²) in [6, 6.07) is 5.36. The lowest BCUT2D eigenvalue weighted by atomic mass is 9.82. The van der Waals surface area contributed by atoms with Gasteiger partial charge in [0.05, 0.1) is 6.61 Å². The fraction of sp³-hybridized carbons (Fsp3) is 0.458. The first-order chi connectivity index (χ1) is 17.3. The topological polar surface area (TPSA) is 85.8 Å². The van der Waals surface area contributed by atoms with E-state index in [1.54, 1.807) is 13.0 Å². The van der Waals surface area contributed by atoms with Crippen LogP contribution in [0.4, 0.5) is 19.1 Å². The van der Waals surface area contributed by atoms with Crippen molar-refractivity contribution in [3.8, 4) is 11.5 Å². The minimum absolute atomic E-state index is 0.00472. The molecule has 192 valence electrons. The number of alkyl halides is 3. The number of benzene rings is 1. The second kappa shape index (κ2) is 9.74. The maximum absolute atomic E-state index is 14.3. The molecule has 0 spiro atoms. The zero-order valence-electron chi connectivity index (χ0n) is 19.5. The summed E-state index contributed by atoms with van der Waals surface area (Å²) < 4.78 is 59.0. The van der Waals surface area contributed by atoms with E-state index >= 15 is 0 Å². The third-order valence-corrected chi connectivity index (χ3v) is 7.33. The van der Waals surface area contributed by atoms with Crippen LogP contribution in [0, 0.1) is 0 Å². The first kappa shape index (κ1) is 24.6. The molecular formula is C24H25F3N4O4S. The minimum atomic E-state index is -4.61. The standard InChI is InChI=1S/C24H25F3N4O4S/c1-2-33-21(32)23(29-8-5-15-3-4-17-18(11-15)35-14-34-17)7-9-31(19(12-23)24(25,26)27)22-28-13-16-6-10-36-20(16)30-22/h3-4,6,10-11,13,19,29H,2,5,7-9,12,14H2,1H3. The molecule has 0 saturated carbocycles. The van der Waals surface area contributed by atoms with E-state index in [0.717, 1.165) is 15.8 Å². The average molecular weight is 523 g/mol. The van der Waals surface area contributed by atoms with Gasteiger partial charge < -0.3 is 24.4 Å². The smallest absolute Gasteiger partial charge is 0.408 e. The molecule has 0 amide bonds. The number of hydrogen-bond donors (Lipinski definition) is 1. The van der Waals surface area contributed by atoms with Gasteiger partial charge in [-0.3, -0.25) is 4.79 Å². The summed E-state index contributed by atoms with van der Waals surface area (Å²) in [7, 11) is 0. The highest BCUT2D eigenvalue weighted by molar-refractivity contribution is 7.16. The second-order valence-corrected chi connectivity index (χ2v) is 9.62. The quantitative estimate of drug-likeness (QED) is 0.465. The Bertz CT molecular complexity index is 1250. The maximum atomic E-state index is 14.3. The van der Waals surface area contributed by atoms with Crippen LogP contribution >= 0.6 is 11.3 Å². The van der Waals surface area contributed by atoms with Gasteiger partial charge in [-0.15, -0.1) is 11.3 Å². The molecule has 36 heavy (non-hydrogen) atoms.